The molecule has 4 aliphatic heterocycles. The molecule has 5 heterocycles. The first-order valence-corrected chi connectivity index (χ1v) is 16.5. The predicted molar refractivity (Wildman–Crippen MR) is 175 cm³/mol. The molecule has 43 heavy (non-hydrogen) atoms. The number of hydrogen-bond acceptors (Lipinski definition) is 9. The summed E-state index contributed by atoms with van der Waals surface area (Å²) < 4.78 is 6.22. The lowest BCUT2D eigenvalue weighted by molar-refractivity contribution is 0.145. The first-order valence-electron chi connectivity index (χ1n) is 16.5. The molecule has 1 atom stereocenters. The number of benzene rings is 2. The van der Waals surface area contributed by atoms with Gasteiger partial charge in [-0.15, -0.1) is 0 Å². The van der Waals surface area contributed by atoms with Gasteiger partial charge in [0.15, 0.2) is 11.6 Å². The normalized spacial score (nSPS) is 22.0. The Balaban J connectivity index is 1.08. The molecule has 1 unspecified atom stereocenters. The van der Waals surface area contributed by atoms with E-state index in [0.29, 0.717) is 6.04 Å². The van der Waals surface area contributed by atoms with Gasteiger partial charge in [0.2, 0.25) is 0 Å². The van der Waals surface area contributed by atoms with E-state index >= 15 is 0 Å². The Labute approximate surface area is 257 Å². The maximum atomic E-state index is 6.22. The van der Waals surface area contributed by atoms with E-state index in [9.17, 15) is 0 Å². The number of nitrogens with zero attached hydrogens (tertiary/aromatic N) is 8. The van der Waals surface area contributed by atoms with Crippen LogP contribution in [0.15, 0.2) is 42.5 Å². The number of anilines is 2. The standard InChI is InChI=1S/C34H48N8O/c1-37-16-20-39(21-17-37)12-5-14-41-26-32-29-8-4-3-7-27(29)11-15-42(32)34-33(41)36-31-25-28(9-10-30(31)35-34)43-24-6-13-40-22-18-38(2)19-23-40/h3-4,7-10,25,32H,5-6,11-24,26H2,1-2H3. The minimum absolute atomic E-state index is 0.316. The van der Waals surface area contributed by atoms with Crippen LogP contribution in [0, 0.1) is 0 Å². The zero-order chi connectivity index (χ0) is 29.2. The fraction of sp³-hybridized carbons (Fsp3) is 0.588. The third kappa shape index (κ3) is 6.45. The van der Waals surface area contributed by atoms with Gasteiger partial charge in [-0.05, 0) is 63.2 Å². The Bertz CT molecular complexity index is 1380. The van der Waals surface area contributed by atoms with Gasteiger partial charge < -0.3 is 34.1 Å². The van der Waals surface area contributed by atoms with Crippen LogP contribution in [0.1, 0.15) is 30.0 Å². The lowest BCUT2D eigenvalue weighted by Gasteiger charge is -2.46. The molecular formula is C34H48N8O. The fourth-order valence-corrected chi connectivity index (χ4v) is 7.21. The Kier molecular flexibility index (Phi) is 8.66. The second-order valence-corrected chi connectivity index (χ2v) is 13.0. The number of ether oxygens (including phenoxy) is 1. The molecule has 230 valence electrons. The highest BCUT2D eigenvalue weighted by molar-refractivity contribution is 5.83. The van der Waals surface area contributed by atoms with E-state index < -0.39 is 0 Å². The van der Waals surface area contributed by atoms with Crippen molar-refractivity contribution in [1.29, 1.82) is 0 Å². The summed E-state index contributed by atoms with van der Waals surface area (Å²) in [7, 11) is 4.43. The minimum atomic E-state index is 0.316. The van der Waals surface area contributed by atoms with Crippen LogP contribution in [-0.2, 0) is 6.42 Å². The predicted octanol–water partition coefficient (Wildman–Crippen LogP) is 3.21. The van der Waals surface area contributed by atoms with Crippen LogP contribution in [0.25, 0.3) is 11.0 Å². The van der Waals surface area contributed by atoms with Gasteiger partial charge in [0.05, 0.1) is 23.7 Å². The van der Waals surface area contributed by atoms with E-state index in [4.69, 9.17) is 14.7 Å². The van der Waals surface area contributed by atoms with E-state index in [0.717, 1.165) is 126 Å². The third-order valence-electron chi connectivity index (χ3n) is 9.96. The Morgan fingerprint density at radius 3 is 2.19 bits per heavy atom. The monoisotopic (exact) mass is 584 g/mol. The highest BCUT2D eigenvalue weighted by atomic mass is 16.5. The van der Waals surface area contributed by atoms with E-state index in [2.05, 4.69) is 86.0 Å². The van der Waals surface area contributed by atoms with Crippen molar-refractivity contribution in [2.75, 3.05) is 116 Å². The lowest BCUT2D eigenvalue weighted by atomic mass is 9.91. The van der Waals surface area contributed by atoms with Crippen LogP contribution in [-0.4, -0.2) is 135 Å². The Morgan fingerprint density at radius 1 is 0.721 bits per heavy atom. The number of hydrogen-bond donors (Lipinski definition) is 0. The molecule has 1 aromatic heterocycles. The van der Waals surface area contributed by atoms with Crippen LogP contribution < -0.4 is 14.5 Å². The molecule has 0 N–H and O–H groups in total. The molecular weight excluding hydrogens is 536 g/mol. The van der Waals surface area contributed by atoms with Gasteiger partial charge in [-0.1, -0.05) is 24.3 Å². The smallest absolute Gasteiger partial charge is 0.173 e. The maximum absolute atomic E-state index is 6.22. The van der Waals surface area contributed by atoms with Crippen LogP contribution in [0.2, 0.25) is 0 Å². The third-order valence-corrected chi connectivity index (χ3v) is 9.96. The first kappa shape index (κ1) is 28.8. The van der Waals surface area contributed by atoms with Gasteiger partial charge >= 0.3 is 0 Å². The summed E-state index contributed by atoms with van der Waals surface area (Å²) in [6, 6.07) is 15.6. The average Bonchev–Trinajstić information content (AvgIpc) is 3.04. The number of piperazine rings is 2. The summed E-state index contributed by atoms with van der Waals surface area (Å²) in [5.74, 6) is 2.97. The van der Waals surface area contributed by atoms with Gasteiger partial charge in [-0.25, -0.2) is 9.97 Å². The molecule has 0 saturated carbocycles. The quantitative estimate of drug-likeness (QED) is 0.353. The lowest BCUT2D eigenvalue weighted by Crippen LogP contribution is -2.49. The number of rotatable bonds is 9. The van der Waals surface area contributed by atoms with Crippen molar-refractivity contribution in [1.82, 2.24) is 29.6 Å². The van der Waals surface area contributed by atoms with Crippen LogP contribution in [0.3, 0.4) is 0 Å². The van der Waals surface area contributed by atoms with Gasteiger partial charge in [-0.2, -0.15) is 0 Å². The molecule has 2 fully saturated rings. The molecule has 2 aromatic carbocycles. The van der Waals surface area contributed by atoms with Crippen molar-refractivity contribution < 1.29 is 4.74 Å². The van der Waals surface area contributed by atoms with Crippen molar-refractivity contribution in [2.24, 2.45) is 0 Å². The second-order valence-electron chi connectivity index (χ2n) is 13.0. The highest BCUT2D eigenvalue weighted by Crippen LogP contribution is 2.43. The van der Waals surface area contributed by atoms with Gasteiger partial charge in [0.25, 0.3) is 0 Å². The molecule has 9 heteroatoms. The Hall–Kier alpha value is -2.98. The van der Waals surface area contributed by atoms with E-state index in [1.54, 1.807) is 0 Å². The van der Waals surface area contributed by atoms with Gasteiger partial charge in [0.1, 0.15) is 5.75 Å². The van der Waals surface area contributed by atoms with E-state index in [-0.39, 0.29) is 0 Å². The molecule has 0 aliphatic carbocycles. The van der Waals surface area contributed by atoms with Crippen molar-refractivity contribution in [2.45, 2.75) is 25.3 Å². The van der Waals surface area contributed by atoms with E-state index in [1.165, 1.54) is 24.2 Å². The Morgan fingerprint density at radius 2 is 1.42 bits per heavy atom. The van der Waals surface area contributed by atoms with Gasteiger partial charge in [0, 0.05) is 84.6 Å². The van der Waals surface area contributed by atoms with Crippen molar-refractivity contribution >= 4 is 22.7 Å². The van der Waals surface area contributed by atoms with Crippen LogP contribution >= 0.6 is 0 Å². The maximum Gasteiger partial charge on any atom is 0.173 e. The highest BCUT2D eigenvalue weighted by Gasteiger charge is 2.37. The molecule has 2 saturated heterocycles. The molecule has 0 spiro atoms. The average molecular weight is 585 g/mol. The molecule has 9 nitrogen and oxygen atoms in total. The number of fused-ring (bicyclic) bond motifs is 6. The van der Waals surface area contributed by atoms with Crippen LogP contribution in [0.4, 0.5) is 11.6 Å². The molecule has 0 bridgehead atoms. The summed E-state index contributed by atoms with van der Waals surface area (Å²) in [5.41, 5.74) is 4.80. The fourth-order valence-electron chi connectivity index (χ4n) is 7.21. The summed E-state index contributed by atoms with van der Waals surface area (Å²) in [6.07, 6.45) is 3.22. The summed E-state index contributed by atoms with van der Waals surface area (Å²) >= 11 is 0. The van der Waals surface area contributed by atoms with Gasteiger partial charge in [-0.3, -0.25) is 0 Å². The molecule has 3 aromatic rings. The molecule has 7 rings (SSSR count). The van der Waals surface area contributed by atoms with Crippen LogP contribution in [0.5, 0.6) is 5.75 Å². The zero-order valence-electron chi connectivity index (χ0n) is 26.1. The number of likely N-dealkylation sites (N-methyl/N-ethyl adjacent to an activating group) is 2. The topological polar surface area (TPSA) is 54.5 Å². The minimum Gasteiger partial charge on any atom is -0.493 e. The van der Waals surface area contributed by atoms with Crippen molar-refractivity contribution in [3.8, 4) is 5.75 Å². The SMILES string of the molecule is CN1CCN(CCCOc2ccc3nc4c(nc3c2)N(CCCN2CCN(C)CC2)CC2c3ccccc3CCN42)CC1. The number of aromatic nitrogens is 2. The zero-order valence-corrected chi connectivity index (χ0v) is 26.1. The second kappa shape index (κ2) is 12.9. The molecule has 0 radical (unpaired) electrons. The summed E-state index contributed by atoms with van der Waals surface area (Å²) in [4.78, 5) is 25.6. The molecule has 0 amide bonds. The molecule has 4 aliphatic rings. The van der Waals surface area contributed by atoms with Crippen molar-refractivity contribution in [3.05, 3.63) is 53.6 Å². The summed E-state index contributed by atoms with van der Waals surface area (Å²) in [6.45, 7) is 15.2. The largest absolute Gasteiger partial charge is 0.493 e. The van der Waals surface area contributed by atoms with E-state index in [1.807, 2.05) is 0 Å². The van der Waals surface area contributed by atoms with Crippen molar-refractivity contribution in [3.63, 3.8) is 0 Å². The first-order chi connectivity index (χ1) is 21.1. The summed E-state index contributed by atoms with van der Waals surface area (Å²) in [5, 5.41) is 0.